The predicted molar refractivity (Wildman–Crippen MR) is 86.5 cm³/mol. The Hall–Kier alpha value is -0.920. The number of aryl methyl sites for hydroxylation is 1. The third kappa shape index (κ3) is 4.30. The molecule has 6 nitrogen and oxygen atoms in total. The van der Waals surface area contributed by atoms with Gasteiger partial charge >= 0.3 is 5.97 Å². The first-order valence-corrected chi connectivity index (χ1v) is 8.27. The van der Waals surface area contributed by atoms with E-state index >= 15 is 0 Å². The number of carbonyl (C=O) groups excluding carboxylic acids is 1. The van der Waals surface area contributed by atoms with Crippen molar-refractivity contribution < 1.29 is 14.3 Å². The summed E-state index contributed by atoms with van der Waals surface area (Å²) in [4.78, 5) is 16.5. The predicted octanol–water partition coefficient (Wildman–Crippen LogP) is 2.12. The Morgan fingerprint density at radius 1 is 1.45 bits per heavy atom. The summed E-state index contributed by atoms with van der Waals surface area (Å²) >= 11 is 3.40. The van der Waals surface area contributed by atoms with E-state index < -0.39 is 11.2 Å². The normalized spacial score (nSPS) is 18.2. The van der Waals surface area contributed by atoms with Crippen molar-refractivity contribution in [2.24, 2.45) is 7.05 Å². The van der Waals surface area contributed by atoms with Crippen LogP contribution >= 0.6 is 15.9 Å². The first-order chi connectivity index (χ1) is 10.2. The van der Waals surface area contributed by atoms with E-state index in [1.165, 1.54) is 0 Å². The summed E-state index contributed by atoms with van der Waals surface area (Å²) in [5.41, 5.74) is -1.06. The monoisotopic (exact) mass is 373 g/mol. The van der Waals surface area contributed by atoms with Crippen LogP contribution in [0.4, 0.5) is 0 Å². The fourth-order valence-corrected chi connectivity index (χ4v) is 3.16. The molecular weight excluding hydrogens is 350 g/mol. The summed E-state index contributed by atoms with van der Waals surface area (Å²) in [6.45, 7) is 7.14. The van der Waals surface area contributed by atoms with Gasteiger partial charge in [-0.05, 0) is 62.6 Å². The van der Waals surface area contributed by atoms with Gasteiger partial charge in [0.25, 0.3) is 0 Å². The Balaban J connectivity index is 2.13. The van der Waals surface area contributed by atoms with Gasteiger partial charge in [-0.3, -0.25) is 0 Å². The zero-order chi connectivity index (χ0) is 16.4. The molecule has 1 N–H and O–H groups in total. The van der Waals surface area contributed by atoms with Crippen LogP contribution < -0.4 is 5.32 Å². The molecule has 2 rings (SSSR count). The molecule has 2 heterocycles. The quantitative estimate of drug-likeness (QED) is 0.818. The summed E-state index contributed by atoms with van der Waals surface area (Å²) in [5.74, 6) is 0.489. The molecule has 0 spiro atoms. The zero-order valence-corrected chi connectivity index (χ0v) is 15.2. The average Bonchev–Trinajstić information content (AvgIpc) is 2.75. The van der Waals surface area contributed by atoms with Crippen LogP contribution in [0.3, 0.4) is 0 Å². The number of hydrogen-bond donors (Lipinski definition) is 1. The van der Waals surface area contributed by atoms with Crippen molar-refractivity contribution in [1.29, 1.82) is 0 Å². The van der Waals surface area contributed by atoms with Crippen molar-refractivity contribution >= 4 is 21.9 Å². The lowest BCUT2D eigenvalue weighted by Crippen LogP contribution is -2.44. The Morgan fingerprint density at radius 2 is 2.09 bits per heavy atom. The van der Waals surface area contributed by atoms with Crippen molar-refractivity contribution in [3.63, 3.8) is 0 Å². The highest BCUT2D eigenvalue weighted by Gasteiger charge is 2.39. The van der Waals surface area contributed by atoms with Crippen LogP contribution in [-0.2, 0) is 26.9 Å². The highest BCUT2D eigenvalue weighted by molar-refractivity contribution is 9.10. The van der Waals surface area contributed by atoms with E-state index in [-0.39, 0.29) is 12.6 Å². The summed E-state index contributed by atoms with van der Waals surface area (Å²) < 4.78 is 14.1. The van der Waals surface area contributed by atoms with Crippen LogP contribution in [0, 0.1) is 0 Å². The number of carbonyl (C=O) groups is 1. The number of nitrogens with zero attached hydrogens (tertiary/aromatic N) is 2. The van der Waals surface area contributed by atoms with Crippen molar-refractivity contribution in [1.82, 2.24) is 14.9 Å². The lowest BCUT2D eigenvalue weighted by Gasteiger charge is -2.36. The van der Waals surface area contributed by atoms with E-state index in [1.807, 2.05) is 38.6 Å². The second-order valence-electron chi connectivity index (χ2n) is 6.62. The van der Waals surface area contributed by atoms with Gasteiger partial charge in [0.2, 0.25) is 0 Å². The number of aromatic nitrogens is 2. The molecular formula is C15H24BrN3O3. The van der Waals surface area contributed by atoms with Crippen LogP contribution in [0.25, 0.3) is 0 Å². The van der Waals surface area contributed by atoms with Gasteiger partial charge in [-0.2, -0.15) is 0 Å². The maximum absolute atomic E-state index is 12.0. The first-order valence-electron chi connectivity index (χ1n) is 7.48. The number of imidazole rings is 1. The number of esters is 1. The number of nitrogens with one attached hydrogen (secondary N) is 1. The maximum Gasteiger partial charge on any atom is 0.332 e. The van der Waals surface area contributed by atoms with Gasteiger partial charge in [0, 0.05) is 13.2 Å². The van der Waals surface area contributed by atoms with Crippen LogP contribution in [0.1, 0.15) is 39.4 Å². The maximum atomic E-state index is 12.0. The van der Waals surface area contributed by atoms with Gasteiger partial charge in [0.1, 0.15) is 28.2 Å². The van der Waals surface area contributed by atoms with E-state index in [4.69, 9.17) is 9.47 Å². The van der Waals surface area contributed by atoms with Crippen molar-refractivity contribution in [2.75, 3.05) is 19.7 Å². The number of halogens is 1. The van der Waals surface area contributed by atoms with E-state index in [1.54, 1.807) is 0 Å². The number of hydrogen-bond acceptors (Lipinski definition) is 5. The molecule has 1 aromatic rings. The Bertz CT molecular complexity index is 531. The van der Waals surface area contributed by atoms with Gasteiger partial charge < -0.3 is 19.4 Å². The Morgan fingerprint density at radius 3 is 2.59 bits per heavy atom. The molecule has 0 saturated carbocycles. The van der Waals surface area contributed by atoms with Crippen molar-refractivity contribution in [3.05, 3.63) is 16.6 Å². The fraction of sp³-hybridized carbons (Fsp3) is 0.733. The molecule has 22 heavy (non-hydrogen) atoms. The summed E-state index contributed by atoms with van der Waals surface area (Å²) in [6, 6.07) is 0. The minimum atomic E-state index is -0.553. The van der Waals surface area contributed by atoms with Crippen LogP contribution in [0.15, 0.2) is 10.8 Å². The summed E-state index contributed by atoms with van der Waals surface area (Å²) in [5, 5.41) is 3.32. The second kappa shape index (κ2) is 6.68. The third-order valence-corrected chi connectivity index (χ3v) is 3.93. The molecule has 0 aliphatic carbocycles. The average molecular weight is 374 g/mol. The largest absolute Gasteiger partial charge is 0.458 e. The van der Waals surface area contributed by atoms with Gasteiger partial charge in [-0.15, -0.1) is 0 Å². The van der Waals surface area contributed by atoms with Crippen LogP contribution in [0.5, 0.6) is 0 Å². The molecule has 0 atom stereocenters. The van der Waals surface area contributed by atoms with E-state index in [2.05, 4.69) is 26.2 Å². The third-order valence-electron chi connectivity index (χ3n) is 3.55. The lowest BCUT2D eigenvalue weighted by atomic mass is 9.91. The topological polar surface area (TPSA) is 65.4 Å². The Labute approximate surface area is 139 Å². The van der Waals surface area contributed by atoms with Crippen LogP contribution in [0.2, 0.25) is 0 Å². The summed E-state index contributed by atoms with van der Waals surface area (Å²) in [6.07, 6.45) is 3.44. The highest BCUT2D eigenvalue weighted by Crippen LogP contribution is 2.34. The standard InChI is InChI=1S/C15H24BrN3O3/c1-14(2,3)22-12(20)10-21-15(5-7-17-8-6-15)13-18-11(16)9-19(13)4/h9,17H,5-8,10H2,1-4H3. The van der Waals surface area contributed by atoms with E-state index in [0.717, 1.165) is 36.4 Å². The molecule has 124 valence electrons. The molecule has 0 unspecified atom stereocenters. The zero-order valence-electron chi connectivity index (χ0n) is 13.6. The SMILES string of the molecule is Cn1cc(Br)nc1C1(OCC(=O)OC(C)(C)C)CCNCC1. The van der Waals surface area contributed by atoms with Gasteiger partial charge in [-0.1, -0.05) is 0 Å². The molecule has 0 bridgehead atoms. The van der Waals surface area contributed by atoms with E-state index in [9.17, 15) is 4.79 Å². The molecule has 1 saturated heterocycles. The second-order valence-corrected chi connectivity index (χ2v) is 7.43. The van der Waals surface area contributed by atoms with E-state index in [0.29, 0.717) is 0 Å². The lowest BCUT2D eigenvalue weighted by molar-refractivity contribution is -0.170. The number of piperidine rings is 1. The van der Waals surface area contributed by atoms with Crippen LogP contribution in [-0.4, -0.2) is 40.8 Å². The first kappa shape index (κ1) is 17.4. The van der Waals surface area contributed by atoms with Crippen molar-refractivity contribution in [3.8, 4) is 0 Å². The van der Waals surface area contributed by atoms with Crippen molar-refractivity contribution in [2.45, 2.75) is 44.8 Å². The molecule has 0 aromatic carbocycles. The Kier molecular flexibility index (Phi) is 5.29. The molecule has 7 heteroatoms. The summed E-state index contributed by atoms with van der Waals surface area (Å²) in [7, 11) is 1.94. The minimum Gasteiger partial charge on any atom is -0.458 e. The number of ether oxygens (including phenoxy) is 2. The molecule has 0 radical (unpaired) electrons. The fourth-order valence-electron chi connectivity index (χ4n) is 2.68. The number of rotatable bonds is 4. The molecule has 1 aromatic heterocycles. The van der Waals surface area contributed by atoms with Gasteiger partial charge in [-0.25, -0.2) is 9.78 Å². The molecule has 1 fully saturated rings. The van der Waals surface area contributed by atoms with Gasteiger partial charge in [0.15, 0.2) is 0 Å². The minimum absolute atomic E-state index is 0.0677. The smallest absolute Gasteiger partial charge is 0.332 e. The molecule has 0 amide bonds. The molecule has 1 aliphatic rings. The highest BCUT2D eigenvalue weighted by atomic mass is 79.9. The van der Waals surface area contributed by atoms with Gasteiger partial charge in [0.05, 0.1) is 0 Å². The molecule has 1 aliphatic heterocycles.